The lowest BCUT2D eigenvalue weighted by atomic mass is 10.0. The van der Waals surface area contributed by atoms with Crippen molar-refractivity contribution in [2.45, 2.75) is 25.9 Å². The number of nitrogens with one attached hydrogen (secondary N) is 3. The molecule has 3 aromatic carbocycles. The fraction of sp³-hybridized carbons (Fsp3) is 0.133. The minimum atomic E-state index is -0.546. The van der Waals surface area contributed by atoms with E-state index in [4.69, 9.17) is 5.73 Å². The molecule has 2 amide bonds. The number of rotatable bonds is 10. The van der Waals surface area contributed by atoms with Crippen LogP contribution in [-0.2, 0) is 22.6 Å². The van der Waals surface area contributed by atoms with E-state index in [0.29, 0.717) is 17.9 Å². The van der Waals surface area contributed by atoms with Crippen molar-refractivity contribution in [3.8, 4) is 0 Å². The van der Waals surface area contributed by atoms with Gasteiger partial charge in [0.05, 0.1) is 11.4 Å². The van der Waals surface area contributed by atoms with Crippen LogP contribution in [-0.4, -0.2) is 11.8 Å². The maximum absolute atomic E-state index is 13.3. The van der Waals surface area contributed by atoms with Gasteiger partial charge in [-0.05, 0) is 64.9 Å². The van der Waals surface area contributed by atoms with Crippen LogP contribution in [0.1, 0.15) is 34.5 Å². The van der Waals surface area contributed by atoms with Crippen LogP contribution in [0.3, 0.4) is 0 Å². The van der Waals surface area contributed by atoms with E-state index in [2.05, 4.69) is 22.9 Å². The maximum atomic E-state index is 13.3. The van der Waals surface area contributed by atoms with Gasteiger partial charge in [0.25, 0.3) is 0 Å². The lowest BCUT2D eigenvalue weighted by Gasteiger charge is -2.19. The number of carbonyl (C=O) groups excluding carboxylic acids is 2. The molecule has 0 bridgehead atoms. The van der Waals surface area contributed by atoms with E-state index >= 15 is 0 Å². The van der Waals surface area contributed by atoms with Gasteiger partial charge in [-0.1, -0.05) is 61.5 Å². The third-order valence-corrected chi connectivity index (χ3v) is 6.74. The molecule has 4 rings (SSSR count). The van der Waals surface area contributed by atoms with Crippen LogP contribution in [0.2, 0.25) is 0 Å². The summed E-state index contributed by atoms with van der Waals surface area (Å²) in [5, 5.41) is 11.2. The molecule has 1 heterocycles. The fourth-order valence-corrected chi connectivity index (χ4v) is 4.43. The summed E-state index contributed by atoms with van der Waals surface area (Å²) in [4.78, 5) is 26.7. The summed E-state index contributed by atoms with van der Waals surface area (Å²) in [5.74, 6) is -0.408. The Bertz CT molecular complexity index is 1350. The normalized spacial score (nSPS) is 11.8. The summed E-state index contributed by atoms with van der Waals surface area (Å²) in [6, 6.07) is 26.1. The molecule has 6 nitrogen and oxygen atoms in total. The molecule has 1 unspecified atom stereocenters. The van der Waals surface area contributed by atoms with Gasteiger partial charge in [-0.2, -0.15) is 0 Å². The molecule has 37 heavy (non-hydrogen) atoms. The molecule has 0 fully saturated rings. The molecule has 1 atom stereocenters. The largest absolute Gasteiger partial charge is 0.397 e. The fourth-order valence-electron chi connectivity index (χ4n) is 3.77. The Morgan fingerprint density at radius 2 is 1.68 bits per heavy atom. The molecule has 0 radical (unpaired) electrons. The number of nitrogens with two attached hydrogens (primary N) is 1. The van der Waals surface area contributed by atoms with Crippen LogP contribution < -0.4 is 21.7 Å². The number of carbonyl (C=O) groups is 2. The number of benzene rings is 3. The lowest BCUT2D eigenvalue weighted by Crippen LogP contribution is -2.32. The number of amides is 2. The number of anilines is 3. The van der Waals surface area contributed by atoms with Crippen molar-refractivity contribution in [3.05, 3.63) is 118 Å². The van der Waals surface area contributed by atoms with Crippen LogP contribution in [0.25, 0.3) is 6.08 Å². The first-order chi connectivity index (χ1) is 18.0. The Labute approximate surface area is 221 Å². The standard InChI is InChI=1S/C30H30N4O2S/c1-2-21-11-16-24(17-12-21)33-30(36)29(32-20-25-6-5-19-37-25)23-14-9-22(10-15-23)13-18-28(35)34-27-8-4-3-7-26(27)31/h3-19,29,32H,2,20,31H2,1H3,(H,33,36)(H,34,35)/b18-13+. The van der Waals surface area contributed by atoms with Gasteiger partial charge in [0.1, 0.15) is 6.04 Å². The lowest BCUT2D eigenvalue weighted by molar-refractivity contribution is -0.118. The molecule has 4 aromatic rings. The number of aryl methyl sites for hydroxylation is 1. The third kappa shape index (κ3) is 7.39. The summed E-state index contributed by atoms with van der Waals surface area (Å²) in [5.41, 5.74) is 10.6. The summed E-state index contributed by atoms with van der Waals surface area (Å²) in [6.07, 6.45) is 4.13. The van der Waals surface area contributed by atoms with Crippen molar-refractivity contribution in [1.29, 1.82) is 0 Å². The number of hydrogen-bond donors (Lipinski definition) is 4. The Morgan fingerprint density at radius 3 is 2.35 bits per heavy atom. The highest BCUT2D eigenvalue weighted by Crippen LogP contribution is 2.21. The van der Waals surface area contributed by atoms with E-state index in [1.54, 1.807) is 29.5 Å². The summed E-state index contributed by atoms with van der Waals surface area (Å²) < 4.78 is 0. The number of thiophene rings is 1. The zero-order valence-corrected chi connectivity index (χ0v) is 21.4. The van der Waals surface area contributed by atoms with Gasteiger partial charge in [0.2, 0.25) is 11.8 Å². The van der Waals surface area contributed by atoms with Crippen molar-refractivity contribution in [3.63, 3.8) is 0 Å². The maximum Gasteiger partial charge on any atom is 0.248 e. The highest BCUT2D eigenvalue weighted by Gasteiger charge is 2.20. The molecule has 0 aliphatic carbocycles. The van der Waals surface area contributed by atoms with E-state index in [-0.39, 0.29) is 11.8 Å². The van der Waals surface area contributed by atoms with Crippen molar-refractivity contribution in [1.82, 2.24) is 5.32 Å². The zero-order valence-electron chi connectivity index (χ0n) is 20.6. The van der Waals surface area contributed by atoms with Gasteiger partial charge in [0, 0.05) is 23.2 Å². The SMILES string of the molecule is CCc1ccc(NC(=O)C(NCc2cccs2)c2ccc(/C=C/C(=O)Nc3ccccc3N)cc2)cc1. The average Bonchev–Trinajstić information content (AvgIpc) is 3.44. The summed E-state index contributed by atoms with van der Waals surface area (Å²) in [6.45, 7) is 2.68. The van der Waals surface area contributed by atoms with Gasteiger partial charge < -0.3 is 16.4 Å². The molecule has 1 aromatic heterocycles. The molecule has 0 saturated carbocycles. The van der Waals surface area contributed by atoms with Crippen LogP contribution >= 0.6 is 11.3 Å². The highest BCUT2D eigenvalue weighted by atomic mass is 32.1. The molecule has 0 aliphatic heterocycles. The molecule has 0 spiro atoms. The van der Waals surface area contributed by atoms with Crippen LogP contribution in [0.5, 0.6) is 0 Å². The minimum absolute atomic E-state index is 0.135. The first-order valence-corrected chi connectivity index (χ1v) is 13.0. The molecule has 0 aliphatic rings. The summed E-state index contributed by atoms with van der Waals surface area (Å²) in [7, 11) is 0. The molecular formula is C30H30N4O2S. The average molecular weight is 511 g/mol. The summed E-state index contributed by atoms with van der Waals surface area (Å²) >= 11 is 1.64. The van der Waals surface area contributed by atoms with E-state index in [9.17, 15) is 9.59 Å². The Balaban J connectivity index is 1.45. The molecular weight excluding hydrogens is 480 g/mol. The van der Waals surface area contributed by atoms with Crippen LogP contribution in [0.15, 0.2) is 96.4 Å². The van der Waals surface area contributed by atoms with Gasteiger partial charge >= 0.3 is 0 Å². The van der Waals surface area contributed by atoms with Crippen molar-refractivity contribution in [2.75, 3.05) is 16.4 Å². The highest BCUT2D eigenvalue weighted by molar-refractivity contribution is 7.09. The third-order valence-electron chi connectivity index (χ3n) is 5.87. The quantitative estimate of drug-likeness (QED) is 0.155. The number of para-hydroxylation sites is 2. The van der Waals surface area contributed by atoms with Crippen molar-refractivity contribution >= 4 is 46.3 Å². The first kappa shape index (κ1) is 25.9. The number of hydrogen-bond acceptors (Lipinski definition) is 5. The van der Waals surface area contributed by atoms with E-state index in [0.717, 1.165) is 28.1 Å². The topological polar surface area (TPSA) is 96.2 Å². The van der Waals surface area contributed by atoms with Gasteiger partial charge in [0.15, 0.2) is 0 Å². The van der Waals surface area contributed by atoms with E-state index < -0.39 is 6.04 Å². The van der Waals surface area contributed by atoms with Gasteiger partial charge in [-0.25, -0.2) is 0 Å². The first-order valence-electron chi connectivity index (χ1n) is 12.1. The molecule has 7 heteroatoms. The molecule has 188 valence electrons. The van der Waals surface area contributed by atoms with Crippen molar-refractivity contribution < 1.29 is 9.59 Å². The predicted molar refractivity (Wildman–Crippen MR) is 153 cm³/mol. The van der Waals surface area contributed by atoms with Gasteiger partial charge in [-0.3, -0.25) is 14.9 Å². The molecule has 5 N–H and O–H groups in total. The van der Waals surface area contributed by atoms with Crippen LogP contribution in [0.4, 0.5) is 17.1 Å². The second-order valence-corrected chi connectivity index (χ2v) is 9.54. The number of nitrogen functional groups attached to an aromatic ring is 1. The molecule has 0 saturated heterocycles. The Hall–Kier alpha value is -4.20. The van der Waals surface area contributed by atoms with Crippen molar-refractivity contribution in [2.24, 2.45) is 0 Å². The van der Waals surface area contributed by atoms with Gasteiger partial charge in [-0.15, -0.1) is 11.3 Å². The Morgan fingerprint density at radius 1 is 0.919 bits per heavy atom. The minimum Gasteiger partial charge on any atom is -0.397 e. The smallest absolute Gasteiger partial charge is 0.248 e. The zero-order chi connectivity index (χ0) is 26.0. The van der Waals surface area contributed by atoms with E-state index in [1.807, 2.05) is 78.2 Å². The monoisotopic (exact) mass is 510 g/mol. The second-order valence-electron chi connectivity index (χ2n) is 8.51. The van der Waals surface area contributed by atoms with E-state index in [1.165, 1.54) is 11.6 Å². The van der Waals surface area contributed by atoms with Crippen LogP contribution in [0, 0.1) is 0 Å². The Kier molecular flexibility index (Phi) is 8.86. The second kappa shape index (κ2) is 12.7. The predicted octanol–water partition coefficient (Wildman–Crippen LogP) is 6.01.